The van der Waals surface area contributed by atoms with Gasteiger partial charge in [-0.2, -0.15) is 0 Å². The summed E-state index contributed by atoms with van der Waals surface area (Å²) in [7, 11) is 0. The predicted octanol–water partition coefficient (Wildman–Crippen LogP) is -0.364. The van der Waals surface area contributed by atoms with Crippen LogP contribution in [-0.2, 0) is 68.9 Å². The van der Waals surface area contributed by atoms with Crippen LogP contribution in [0.4, 0.5) is 0 Å². The van der Waals surface area contributed by atoms with Gasteiger partial charge in [-0.3, -0.25) is 0 Å². The minimum absolute atomic E-state index is 0. The second kappa shape index (κ2) is 9.67. The fourth-order valence-corrected chi connectivity index (χ4v) is 0. The van der Waals surface area contributed by atoms with Crippen molar-refractivity contribution in [3.05, 3.63) is 0 Å². The summed E-state index contributed by atoms with van der Waals surface area (Å²) in [5.41, 5.74) is 0. The van der Waals surface area contributed by atoms with Gasteiger partial charge in [0.15, 0.2) is 0 Å². The quantitative estimate of drug-likeness (QED) is 0.498. The van der Waals surface area contributed by atoms with Gasteiger partial charge in [0.2, 0.25) is 0 Å². The van der Waals surface area contributed by atoms with Gasteiger partial charge in [-0.25, -0.2) is 0 Å². The summed E-state index contributed by atoms with van der Waals surface area (Å²) in [6.45, 7) is 0. The first-order valence-corrected chi connectivity index (χ1v) is 2.96. The zero-order valence-corrected chi connectivity index (χ0v) is 9.15. The Morgan fingerprint density at radius 2 is 1.00 bits per heavy atom. The Bertz CT molecular complexity index is 78.2. The second-order valence-corrected chi connectivity index (χ2v) is 1.21. The van der Waals surface area contributed by atoms with Crippen LogP contribution in [0.15, 0.2) is 0 Å². The van der Waals surface area contributed by atoms with Crippen LogP contribution in [0.1, 0.15) is 0 Å². The van der Waals surface area contributed by atoms with Gasteiger partial charge >= 0.3 is 27.4 Å². The molecule has 0 heterocycles. The van der Waals surface area contributed by atoms with Crippen molar-refractivity contribution in [2.45, 2.75) is 0 Å². The van der Waals surface area contributed by atoms with Gasteiger partial charge in [0.25, 0.3) is 0 Å². The molecule has 0 aliphatic rings. The van der Waals surface area contributed by atoms with E-state index in [-0.39, 0.29) is 41.5 Å². The van der Waals surface area contributed by atoms with Crippen molar-refractivity contribution in [1.29, 1.82) is 0 Å². The zero-order valence-electron chi connectivity index (χ0n) is 2.42. The van der Waals surface area contributed by atoms with Gasteiger partial charge in [-0.05, 0) is 0 Å². The third kappa shape index (κ3) is 51.8. The molecule has 0 amide bonds. The summed E-state index contributed by atoms with van der Waals surface area (Å²) in [5, 5.41) is 0. The monoisotopic (exact) mass is 431 g/mol. The van der Waals surface area contributed by atoms with Crippen molar-refractivity contribution in [3.8, 4) is 0 Å². The third-order valence-corrected chi connectivity index (χ3v) is 0. The topological polar surface area (TPSA) is 51.2 Å². The Kier molecular flexibility index (Phi) is 25.2. The molecule has 0 saturated carbocycles. The van der Waals surface area contributed by atoms with Crippen molar-refractivity contribution in [1.82, 2.24) is 0 Å². The fourth-order valence-electron chi connectivity index (χ4n) is 0. The first-order valence-electron chi connectivity index (χ1n) is 0.500. The van der Waals surface area contributed by atoms with Crippen LogP contribution in [0.25, 0.3) is 0 Å². The van der Waals surface area contributed by atoms with E-state index in [1.807, 2.05) is 0 Å². The number of rotatable bonds is 0. The van der Waals surface area contributed by atoms with Crippen LogP contribution >= 0.6 is 0 Å². The molecule has 0 rings (SSSR count). The minimum atomic E-state index is -4.11. The summed E-state index contributed by atoms with van der Waals surface area (Å²) in [5.74, 6) is 0. The molecule has 6 heteroatoms. The van der Waals surface area contributed by atoms with Crippen molar-refractivity contribution in [3.63, 3.8) is 0 Å². The van der Waals surface area contributed by atoms with E-state index in [9.17, 15) is 0 Å². The molecule has 0 N–H and O–H groups in total. The molecule has 0 aliphatic carbocycles. The Morgan fingerprint density at radius 3 is 1.00 bits per heavy atom. The maximum absolute atomic E-state index is 8.59. The van der Waals surface area contributed by atoms with Gasteiger partial charge in [-0.1, -0.05) is 0 Å². The molecule has 6 heavy (non-hydrogen) atoms. The number of hydrogen-bond donors (Lipinski definition) is 0. The molecule has 0 atom stereocenters. The van der Waals surface area contributed by atoms with Crippen LogP contribution in [0.2, 0.25) is 0 Å². The Hall–Kier alpha value is 1.44. The maximum Gasteiger partial charge on any atom is 0 e. The molecule has 3 nitrogen and oxygen atoms in total. The average molecular weight is 426 g/mol. The van der Waals surface area contributed by atoms with Crippen LogP contribution < -0.4 is 0 Å². The van der Waals surface area contributed by atoms with E-state index in [4.69, 9.17) is 10.2 Å². The fraction of sp³-hybridized carbons (Fsp3) is 0. The smallest absolute Gasteiger partial charge is 0 e. The molecule has 0 bridgehead atoms. The van der Waals surface area contributed by atoms with Gasteiger partial charge in [0.05, 0.1) is 0 Å². The van der Waals surface area contributed by atoms with E-state index in [0.29, 0.717) is 0 Å². The minimum Gasteiger partial charge on any atom is 0 e. The second-order valence-electron chi connectivity index (χ2n) is 0.204. The van der Waals surface area contributed by atoms with Crippen LogP contribution in [0, 0.1) is 0 Å². The summed E-state index contributed by atoms with van der Waals surface area (Å²) >= 11 is -4.11. The summed E-state index contributed by atoms with van der Waals surface area (Å²) < 4.78 is 25.8. The van der Waals surface area contributed by atoms with E-state index in [1.54, 1.807) is 0 Å². The van der Waals surface area contributed by atoms with Crippen molar-refractivity contribution in [2.75, 3.05) is 0 Å². The first-order chi connectivity index (χ1) is 1.73. The van der Waals surface area contributed by atoms with Crippen LogP contribution in [0.3, 0.4) is 0 Å². The summed E-state index contributed by atoms with van der Waals surface area (Å²) in [6, 6.07) is 0. The standard InChI is InChI=1S/2Mo.3O.Re. The van der Waals surface area contributed by atoms with Gasteiger partial charge in [-0.15, -0.1) is 0 Å². The van der Waals surface area contributed by atoms with E-state index in [2.05, 4.69) is 0 Å². The van der Waals surface area contributed by atoms with Gasteiger partial charge < -0.3 is 0 Å². The Labute approximate surface area is 68.3 Å². The molecule has 0 unspecified atom stereocenters. The molecule has 0 aromatic carbocycles. The molecule has 37 valence electrons. The summed E-state index contributed by atoms with van der Waals surface area (Å²) in [6.07, 6.45) is 0. The van der Waals surface area contributed by atoms with Gasteiger partial charge in [0.1, 0.15) is 0 Å². The molecule has 1 radical (unpaired) electrons. The number of hydrogen-bond acceptors (Lipinski definition) is 3. The normalized spacial score (nSPS) is 4.00. The van der Waals surface area contributed by atoms with E-state index in [0.717, 1.165) is 0 Å². The molecule has 0 fully saturated rings. The van der Waals surface area contributed by atoms with Crippen LogP contribution in [0.5, 0.6) is 0 Å². The SMILES string of the molecule is [Mo].[O]=[Mo](=[O])=[O].[Re]. The summed E-state index contributed by atoms with van der Waals surface area (Å²) in [4.78, 5) is 0. The first kappa shape index (κ1) is 15.7. The largest absolute Gasteiger partial charge is 0 e. The maximum atomic E-state index is 8.59. The van der Waals surface area contributed by atoms with E-state index in [1.165, 1.54) is 0 Å². The van der Waals surface area contributed by atoms with Crippen molar-refractivity contribution < 1.29 is 68.9 Å². The third-order valence-electron chi connectivity index (χ3n) is 0. The van der Waals surface area contributed by atoms with Crippen LogP contribution in [-0.4, -0.2) is 0 Å². The Morgan fingerprint density at radius 1 is 1.00 bits per heavy atom. The molecular formula is Mo2O3Re. The molecular weight excluding hydrogens is 426 g/mol. The molecule has 0 aliphatic heterocycles. The van der Waals surface area contributed by atoms with E-state index < -0.39 is 17.2 Å². The molecule has 0 aromatic heterocycles. The Balaban J connectivity index is -0.0000000450. The molecule has 0 saturated heterocycles. The predicted molar refractivity (Wildman–Crippen MR) is 2.06 cm³/mol. The van der Waals surface area contributed by atoms with Gasteiger partial charge in [0, 0.05) is 41.5 Å². The van der Waals surface area contributed by atoms with E-state index >= 15 is 0 Å². The zero-order chi connectivity index (χ0) is 3.58. The van der Waals surface area contributed by atoms with Crippen molar-refractivity contribution >= 4 is 0 Å². The average Bonchev–Trinajstić information content (AvgIpc) is 0.811. The van der Waals surface area contributed by atoms with Crippen molar-refractivity contribution in [2.24, 2.45) is 0 Å². The molecule has 0 spiro atoms. The molecule has 0 aromatic rings.